The Kier molecular flexibility index (Phi) is 4.89. The van der Waals surface area contributed by atoms with Gasteiger partial charge < -0.3 is 10.6 Å². The molecule has 7 nitrogen and oxygen atoms in total. The first-order valence-corrected chi connectivity index (χ1v) is 9.21. The van der Waals surface area contributed by atoms with Crippen LogP contribution in [0.15, 0.2) is 59.7 Å². The second-order valence-corrected chi connectivity index (χ2v) is 6.96. The van der Waals surface area contributed by atoms with Gasteiger partial charge in [-0.3, -0.25) is 19.0 Å². The molecule has 28 heavy (non-hydrogen) atoms. The maximum atomic E-state index is 12.4. The molecule has 4 rings (SSSR count). The molecule has 1 aromatic heterocycles. The molecule has 2 N–H and O–H groups in total. The van der Waals surface area contributed by atoms with Gasteiger partial charge in [-0.15, -0.1) is 0 Å². The number of anilines is 1. The number of hydrogen-bond acceptors (Lipinski definition) is 4. The van der Waals surface area contributed by atoms with Gasteiger partial charge in [0.1, 0.15) is 6.54 Å². The number of nitrogens with one attached hydrogen (secondary N) is 2. The number of rotatable bonds is 6. The van der Waals surface area contributed by atoms with Crippen molar-refractivity contribution in [2.24, 2.45) is 0 Å². The van der Waals surface area contributed by atoms with Gasteiger partial charge in [-0.2, -0.15) is 0 Å². The molecule has 0 atom stereocenters. The van der Waals surface area contributed by atoms with Crippen molar-refractivity contribution in [2.75, 3.05) is 5.32 Å². The van der Waals surface area contributed by atoms with Gasteiger partial charge in [0.2, 0.25) is 11.8 Å². The highest BCUT2D eigenvalue weighted by Gasteiger charge is 2.23. The number of benzene rings is 2. The van der Waals surface area contributed by atoms with Crippen LogP contribution in [0.2, 0.25) is 0 Å². The van der Waals surface area contributed by atoms with Crippen molar-refractivity contribution in [3.8, 4) is 0 Å². The molecule has 2 aromatic carbocycles. The number of nitrogens with zero attached hydrogens (tertiary/aromatic N) is 2. The Morgan fingerprint density at radius 3 is 2.54 bits per heavy atom. The van der Waals surface area contributed by atoms with Crippen LogP contribution in [0.25, 0.3) is 10.9 Å². The molecular formula is C21H20N4O3. The van der Waals surface area contributed by atoms with E-state index in [0.29, 0.717) is 29.1 Å². The van der Waals surface area contributed by atoms with Crippen molar-refractivity contribution in [3.63, 3.8) is 0 Å². The summed E-state index contributed by atoms with van der Waals surface area (Å²) in [5, 5.41) is 6.19. The molecule has 7 heteroatoms. The van der Waals surface area contributed by atoms with E-state index >= 15 is 0 Å². The van der Waals surface area contributed by atoms with Gasteiger partial charge >= 0.3 is 0 Å². The van der Waals surface area contributed by atoms with Crippen LogP contribution in [0.4, 0.5) is 5.69 Å². The van der Waals surface area contributed by atoms with E-state index in [0.717, 1.165) is 18.4 Å². The maximum Gasteiger partial charge on any atom is 0.261 e. The minimum absolute atomic E-state index is 0.0162. The standard InChI is InChI=1S/C21H20N4O3/c26-19(23-16-9-10-16)11-14-5-7-15(8-6-14)24-20(27)12-25-13-22-18-4-2-1-3-17(18)21(25)28/h1-8,13,16H,9-12H2,(H,23,26)(H,24,27). The summed E-state index contributed by atoms with van der Waals surface area (Å²) in [4.78, 5) is 40.8. The van der Waals surface area contributed by atoms with Gasteiger partial charge in [-0.1, -0.05) is 24.3 Å². The van der Waals surface area contributed by atoms with Crippen LogP contribution in [0, 0.1) is 0 Å². The summed E-state index contributed by atoms with van der Waals surface area (Å²) in [5.41, 5.74) is 1.84. The van der Waals surface area contributed by atoms with Gasteiger partial charge in [-0.05, 0) is 42.7 Å². The van der Waals surface area contributed by atoms with Gasteiger partial charge in [0.25, 0.3) is 5.56 Å². The van der Waals surface area contributed by atoms with Crippen LogP contribution in [0.1, 0.15) is 18.4 Å². The zero-order chi connectivity index (χ0) is 19.5. The zero-order valence-electron chi connectivity index (χ0n) is 15.2. The third-order valence-electron chi connectivity index (χ3n) is 4.59. The van der Waals surface area contributed by atoms with Crippen molar-refractivity contribution in [2.45, 2.75) is 31.8 Å². The predicted molar refractivity (Wildman–Crippen MR) is 106 cm³/mol. The second kappa shape index (κ2) is 7.64. The van der Waals surface area contributed by atoms with E-state index in [9.17, 15) is 14.4 Å². The maximum absolute atomic E-state index is 12.4. The highest BCUT2D eigenvalue weighted by Crippen LogP contribution is 2.19. The summed E-state index contributed by atoms with van der Waals surface area (Å²) in [6.45, 7) is -0.123. The predicted octanol–water partition coefficient (Wildman–Crippen LogP) is 1.86. The normalized spacial score (nSPS) is 13.3. The number of amides is 2. The lowest BCUT2D eigenvalue weighted by Gasteiger charge is -2.09. The minimum Gasteiger partial charge on any atom is -0.353 e. The monoisotopic (exact) mass is 376 g/mol. The van der Waals surface area contributed by atoms with Crippen LogP contribution >= 0.6 is 0 Å². The number of fused-ring (bicyclic) bond motifs is 1. The molecule has 0 unspecified atom stereocenters. The van der Waals surface area contributed by atoms with Crippen LogP contribution < -0.4 is 16.2 Å². The smallest absolute Gasteiger partial charge is 0.261 e. The molecule has 0 spiro atoms. The lowest BCUT2D eigenvalue weighted by atomic mass is 10.1. The average Bonchev–Trinajstić information content (AvgIpc) is 3.50. The van der Waals surface area contributed by atoms with Crippen molar-refractivity contribution in [3.05, 3.63) is 70.8 Å². The molecule has 0 bridgehead atoms. The Morgan fingerprint density at radius 2 is 1.79 bits per heavy atom. The number of hydrogen-bond donors (Lipinski definition) is 2. The van der Waals surface area contributed by atoms with Crippen molar-refractivity contribution in [1.29, 1.82) is 0 Å². The first-order valence-electron chi connectivity index (χ1n) is 9.21. The van der Waals surface area contributed by atoms with E-state index in [1.807, 2.05) is 18.2 Å². The Bertz CT molecular complexity index is 1080. The van der Waals surface area contributed by atoms with Gasteiger partial charge in [0.15, 0.2) is 0 Å². The molecule has 0 aliphatic heterocycles. The molecule has 1 aliphatic rings. The molecule has 1 fully saturated rings. The highest BCUT2D eigenvalue weighted by atomic mass is 16.2. The summed E-state index contributed by atoms with van der Waals surface area (Å²) >= 11 is 0. The van der Waals surface area contributed by atoms with Crippen LogP contribution in [0.3, 0.4) is 0 Å². The second-order valence-electron chi connectivity index (χ2n) is 6.96. The summed E-state index contributed by atoms with van der Waals surface area (Å²) in [5.74, 6) is -0.305. The molecule has 2 amide bonds. The molecule has 1 aliphatic carbocycles. The SMILES string of the molecule is O=C(Cn1cnc2ccccc2c1=O)Nc1ccc(CC(=O)NC2CC2)cc1. The van der Waals surface area contributed by atoms with Crippen LogP contribution in [-0.2, 0) is 22.6 Å². The van der Waals surface area contributed by atoms with Crippen molar-refractivity contribution >= 4 is 28.4 Å². The molecule has 142 valence electrons. The Balaban J connectivity index is 1.37. The number of para-hydroxylation sites is 1. The molecule has 0 saturated heterocycles. The number of carbonyl (C=O) groups is 2. The van der Waals surface area contributed by atoms with E-state index in [1.165, 1.54) is 10.9 Å². The lowest BCUT2D eigenvalue weighted by Crippen LogP contribution is -2.28. The minimum atomic E-state index is -0.321. The van der Waals surface area contributed by atoms with Gasteiger partial charge in [0.05, 0.1) is 23.7 Å². The molecule has 1 heterocycles. The van der Waals surface area contributed by atoms with E-state index in [2.05, 4.69) is 15.6 Å². The first-order chi connectivity index (χ1) is 13.6. The van der Waals surface area contributed by atoms with E-state index in [-0.39, 0.29) is 23.9 Å². The fraction of sp³-hybridized carbons (Fsp3) is 0.238. The third kappa shape index (κ3) is 4.25. The van der Waals surface area contributed by atoms with E-state index in [1.54, 1.807) is 30.3 Å². The Hall–Kier alpha value is -3.48. The average molecular weight is 376 g/mol. The summed E-state index contributed by atoms with van der Waals surface area (Å²) < 4.78 is 1.29. The van der Waals surface area contributed by atoms with Crippen molar-refractivity contribution < 1.29 is 9.59 Å². The third-order valence-corrected chi connectivity index (χ3v) is 4.59. The molecule has 0 radical (unpaired) electrons. The van der Waals surface area contributed by atoms with Crippen LogP contribution in [0.5, 0.6) is 0 Å². The fourth-order valence-electron chi connectivity index (χ4n) is 2.97. The summed E-state index contributed by atoms with van der Waals surface area (Å²) in [6, 6.07) is 14.5. The Morgan fingerprint density at radius 1 is 1.04 bits per heavy atom. The lowest BCUT2D eigenvalue weighted by molar-refractivity contribution is -0.120. The first kappa shape index (κ1) is 17.9. The van der Waals surface area contributed by atoms with E-state index in [4.69, 9.17) is 0 Å². The summed E-state index contributed by atoms with van der Waals surface area (Å²) in [6.07, 6.45) is 3.83. The van der Waals surface area contributed by atoms with Gasteiger partial charge in [0, 0.05) is 11.7 Å². The van der Waals surface area contributed by atoms with Gasteiger partial charge in [-0.25, -0.2) is 4.98 Å². The number of carbonyl (C=O) groups excluding carboxylic acids is 2. The number of aromatic nitrogens is 2. The fourth-order valence-corrected chi connectivity index (χ4v) is 2.97. The molecular weight excluding hydrogens is 356 g/mol. The molecule has 1 saturated carbocycles. The summed E-state index contributed by atoms with van der Waals surface area (Å²) in [7, 11) is 0. The quantitative estimate of drug-likeness (QED) is 0.687. The molecule has 3 aromatic rings. The van der Waals surface area contributed by atoms with E-state index < -0.39 is 0 Å². The van der Waals surface area contributed by atoms with Crippen molar-refractivity contribution in [1.82, 2.24) is 14.9 Å². The topological polar surface area (TPSA) is 93.1 Å². The largest absolute Gasteiger partial charge is 0.353 e. The highest BCUT2D eigenvalue weighted by molar-refractivity contribution is 5.91. The Labute approximate surface area is 161 Å². The zero-order valence-corrected chi connectivity index (χ0v) is 15.2. The van der Waals surface area contributed by atoms with Crippen LogP contribution in [-0.4, -0.2) is 27.4 Å².